The quantitative estimate of drug-likeness (QED) is 0.493. The number of amides is 1. The Morgan fingerprint density at radius 2 is 2.17 bits per heavy atom. The Hall–Kier alpha value is -0.610. The zero-order valence-electron chi connectivity index (χ0n) is 7.18. The van der Waals surface area contributed by atoms with E-state index in [4.69, 9.17) is 5.11 Å². The van der Waals surface area contributed by atoms with Crippen molar-refractivity contribution < 1.29 is 9.90 Å². The Bertz CT molecular complexity index is 146. The van der Waals surface area contributed by atoms with E-state index in [9.17, 15) is 4.79 Å². The van der Waals surface area contributed by atoms with Crippen LogP contribution in [0.15, 0.2) is 0 Å². The summed E-state index contributed by atoms with van der Waals surface area (Å²) >= 11 is 0. The Labute approximate surface area is 72.3 Å². The fourth-order valence-electron chi connectivity index (χ4n) is 0.961. The van der Waals surface area contributed by atoms with Gasteiger partial charge in [0.25, 0.3) is 0 Å². The van der Waals surface area contributed by atoms with Crippen LogP contribution in [0.3, 0.4) is 0 Å². The van der Waals surface area contributed by atoms with Gasteiger partial charge in [-0.1, -0.05) is 0 Å². The van der Waals surface area contributed by atoms with E-state index in [0.29, 0.717) is 19.0 Å². The molecule has 0 heterocycles. The van der Waals surface area contributed by atoms with Crippen molar-refractivity contribution in [3.8, 4) is 0 Å². The lowest BCUT2D eigenvalue weighted by atomic mass is 10.4. The minimum atomic E-state index is 0.0113. The maximum Gasteiger partial charge on any atom is 0.221 e. The lowest BCUT2D eigenvalue weighted by Crippen LogP contribution is -2.30. The van der Waals surface area contributed by atoms with E-state index in [1.807, 2.05) is 0 Å². The summed E-state index contributed by atoms with van der Waals surface area (Å²) in [5.41, 5.74) is 0. The molecule has 0 radical (unpaired) electrons. The summed E-state index contributed by atoms with van der Waals surface area (Å²) in [6.45, 7) is 1.13. The molecule has 1 saturated carbocycles. The fraction of sp³-hybridized carbons (Fsp3) is 0.875. The lowest BCUT2D eigenvalue weighted by molar-refractivity contribution is -0.121. The number of carbonyl (C=O) groups excluding carboxylic acids is 1. The van der Waals surface area contributed by atoms with Crippen molar-refractivity contribution in [2.45, 2.75) is 25.3 Å². The normalized spacial score (nSPS) is 16.1. The SMILES string of the molecule is O=C(CCNC1CC1)NCCO. The third-order valence-corrected chi connectivity index (χ3v) is 1.80. The van der Waals surface area contributed by atoms with Crippen LogP contribution in [0.4, 0.5) is 0 Å². The molecular formula is C8H16N2O2. The predicted octanol–water partition coefficient (Wildman–Crippen LogP) is -0.763. The summed E-state index contributed by atoms with van der Waals surface area (Å²) < 4.78 is 0. The van der Waals surface area contributed by atoms with E-state index in [0.717, 1.165) is 6.54 Å². The van der Waals surface area contributed by atoms with Crippen LogP contribution in [0.5, 0.6) is 0 Å². The topological polar surface area (TPSA) is 61.4 Å². The molecule has 0 unspecified atom stereocenters. The van der Waals surface area contributed by atoms with Crippen LogP contribution in [-0.4, -0.2) is 36.8 Å². The van der Waals surface area contributed by atoms with Crippen LogP contribution in [-0.2, 0) is 4.79 Å². The van der Waals surface area contributed by atoms with Gasteiger partial charge in [-0.15, -0.1) is 0 Å². The standard InChI is InChI=1S/C8H16N2O2/c11-6-5-10-8(12)3-4-9-7-1-2-7/h7,9,11H,1-6H2,(H,10,12). The Morgan fingerprint density at radius 3 is 2.75 bits per heavy atom. The summed E-state index contributed by atoms with van der Waals surface area (Å²) in [6, 6.07) is 0.663. The molecule has 0 saturated heterocycles. The molecule has 0 aromatic carbocycles. The molecule has 12 heavy (non-hydrogen) atoms. The average Bonchev–Trinajstić information content (AvgIpc) is 2.84. The van der Waals surface area contributed by atoms with Gasteiger partial charge in [0.1, 0.15) is 0 Å². The van der Waals surface area contributed by atoms with Crippen molar-refractivity contribution in [3.63, 3.8) is 0 Å². The zero-order chi connectivity index (χ0) is 8.81. The zero-order valence-corrected chi connectivity index (χ0v) is 7.18. The highest BCUT2D eigenvalue weighted by molar-refractivity contribution is 5.76. The van der Waals surface area contributed by atoms with Crippen LogP contribution in [0.1, 0.15) is 19.3 Å². The van der Waals surface area contributed by atoms with Gasteiger partial charge < -0.3 is 15.7 Å². The molecule has 0 bridgehead atoms. The Morgan fingerprint density at radius 1 is 1.42 bits per heavy atom. The van der Waals surface area contributed by atoms with Gasteiger partial charge in [-0.05, 0) is 12.8 Å². The minimum Gasteiger partial charge on any atom is -0.395 e. The monoisotopic (exact) mass is 172 g/mol. The van der Waals surface area contributed by atoms with Crippen LogP contribution < -0.4 is 10.6 Å². The van der Waals surface area contributed by atoms with E-state index in [2.05, 4.69) is 10.6 Å². The van der Waals surface area contributed by atoms with Crippen LogP contribution >= 0.6 is 0 Å². The van der Waals surface area contributed by atoms with Crippen molar-refractivity contribution in [1.82, 2.24) is 10.6 Å². The summed E-state index contributed by atoms with van der Waals surface area (Å²) in [4.78, 5) is 10.9. The molecular weight excluding hydrogens is 156 g/mol. The average molecular weight is 172 g/mol. The van der Waals surface area contributed by atoms with E-state index in [1.165, 1.54) is 12.8 Å². The molecule has 0 aliphatic heterocycles. The molecule has 4 heteroatoms. The molecule has 0 atom stereocenters. The van der Waals surface area contributed by atoms with E-state index in [-0.39, 0.29) is 12.5 Å². The van der Waals surface area contributed by atoms with Crippen molar-refractivity contribution in [3.05, 3.63) is 0 Å². The van der Waals surface area contributed by atoms with E-state index in [1.54, 1.807) is 0 Å². The molecule has 0 spiro atoms. The summed E-state index contributed by atoms with van der Waals surface area (Å²) in [6.07, 6.45) is 3.01. The molecule has 1 rings (SSSR count). The second-order valence-electron chi connectivity index (χ2n) is 3.05. The van der Waals surface area contributed by atoms with Gasteiger partial charge in [0.15, 0.2) is 0 Å². The number of hydrogen-bond donors (Lipinski definition) is 3. The molecule has 1 amide bonds. The molecule has 4 nitrogen and oxygen atoms in total. The molecule has 0 aromatic rings. The van der Waals surface area contributed by atoms with Gasteiger partial charge in [-0.25, -0.2) is 0 Å². The molecule has 0 aromatic heterocycles. The van der Waals surface area contributed by atoms with Gasteiger partial charge in [0, 0.05) is 25.6 Å². The van der Waals surface area contributed by atoms with Gasteiger partial charge in [0.2, 0.25) is 5.91 Å². The fourth-order valence-corrected chi connectivity index (χ4v) is 0.961. The number of aliphatic hydroxyl groups excluding tert-OH is 1. The first-order valence-corrected chi connectivity index (χ1v) is 4.44. The van der Waals surface area contributed by atoms with E-state index < -0.39 is 0 Å². The first-order chi connectivity index (χ1) is 5.83. The third kappa shape index (κ3) is 4.31. The Balaban J connectivity index is 1.86. The summed E-state index contributed by atoms with van der Waals surface area (Å²) in [5, 5.41) is 14.2. The highest BCUT2D eigenvalue weighted by Crippen LogP contribution is 2.18. The highest BCUT2D eigenvalue weighted by Gasteiger charge is 2.19. The van der Waals surface area contributed by atoms with Crippen molar-refractivity contribution in [2.24, 2.45) is 0 Å². The van der Waals surface area contributed by atoms with Crippen molar-refractivity contribution in [1.29, 1.82) is 0 Å². The maximum atomic E-state index is 10.9. The third-order valence-electron chi connectivity index (χ3n) is 1.80. The van der Waals surface area contributed by atoms with Crippen LogP contribution in [0.2, 0.25) is 0 Å². The molecule has 1 aliphatic rings. The number of carbonyl (C=O) groups is 1. The van der Waals surface area contributed by atoms with Crippen LogP contribution in [0.25, 0.3) is 0 Å². The summed E-state index contributed by atoms with van der Waals surface area (Å²) in [5.74, 6) is 0.0113. The Kier molecular flexibility index (Phi) is 4.04. The minimum absolute atomic E-state index is 0.0113. The first-order valence-electron chi connectivity index (χ1n) is 4.44. The van der Waals surface area contributed by atoms with Gasteiger partial charge >= 0.3 is 0 Å². The number of hydrogen-bond acceptors (Lipinski definition) is 3. The molecule has 3 N–H and O–H groups in total. The first kappa shape index (κ1) is 9.48. The molecule has 1 fully saturated rings. The number of rotatable bonds is 6. The predicted molar refractivity (Wildman–Crippen MR) is 45.7 cm³/mol. The molecule has 1 aliphatic carbocycles. The van der Waals surface area contributed by atoms with Crippen molar-refractivity contribution >= 4 is 5.91 Å². The largest absolute Gasteiger partial charge is 0.395 e. The van der Waals surface area contributed by atoms with Crippen molar-refractivity contribution in [2.75, 3.05) is 19.7 Å². The summed E-state index contributed by atoms with van der Waals surface area (Å²) in [7, 11) is 0. The maximum absolute atomic E-state index is 10.9. The lowest BCUT2D eigenvalue weighted by Gasteiger charge is -2.03. The van der Waals surface area contributed by atoms with Crippen LogP contribution in [0, 0.1) is 0 Å². The molecule has 70 valence electrons. The highest BCUT2D eigenvalue weighted by atomic mass is 16.3. The smallest absolute Gasteiger partial charge is 0.221 e. The van der Waals surface area contributed by atoms with E-state index >= 15 is 0 Å². The van der Waals surface area contributed by atoms with Gasteiger partial charge in [0.05, 0.1) is 6.61 Å². The number of nitrogens with one attached hydrogen (secondary N) is 2. The number of aliphatic hydroxyl groups is 1. The second-order valence-corrected chi connectivity index (χ2v) is 3.05. The van der Waals surface area contributed by atoms with Gasteiger partial charge in [-0.3, -0.25) is 4.79 Å². The van der Waals surface area contributed by atoms with Gasteiger partial charge in [-0.2, -0.15) is 0 Å². The second kappa shape index (κ2) is 5.11.